The van der Waals surface area contributed by atoms with Crippen LogP contribution in [0.1, 0.15) is 18.0 Å². The van der Waals surface area contributed by atoms with Gasteiger partial charge in [0.25, 0.3) is 0 Å². The molecule has 0 unspecified atom stereocenters. The summed E-state index contributed by atoms with van der Waals surface area (Å²) in [5.74, 6) is 0. The van der Waals surface area contributed by atoms with Crippen molar-refractivity contribution in [1.82, 2.24) is 5.32 Å². The van der Waals surface area contributed by atoms with Crippen LogP contribution in [-0.2, 0) is 0 Å². The van der Waals surface area contributed by atoms with E-state index in [0.29, 0.717) is 6.04 Å². The average molecular weight is 280 g/mol. The van der Waals surface area contributed by atoms with Crippen LogP contribution >= 0.6 is 0 Å². The molecule has 2 aromatic rings. The van der Waals surface area contributed by atoms with E-state index in [2.05, 4.69) is 83.4 Å². The molecular formula is C18H22N3. The molecule has 2 aromatic carbocycles. The lowest BCUT2D eigenvalue weighted by molar-refractivity contribution is 0.588. The number of para-hydroxylation sites is 2. The summed E-state index contributed by atoms with van der Waals surface area (Å²) in [5.41, 5.74) is 3.90. The van der Waals surface area contributed by atoms with Crippen molar-refractivity contribution in [3.63, 3.8) is 0 Å². The Kier molecular flexibility index (Phi) is 4.11. The zero-order valence-electron chi connectivity index (χ0n) is 12.7. The van der Waals surface area contributed by atoms with Crippen LogP contribution in [0.5, 0.6) is 0 Å². The number of nitrogens with zero attached hydrogens (tertiary/aromatic N) is 2. The van der Waals surface area contributed by atoms with E-state index in [-0.39, 0.29) is 0 Å². The topological polar surface area (TPSA) is 18.5 Å². The van der Waals surface area contributed by atoms with Crippen LogP contribution in [0.2, 0.25) is 0 Å². The van der Waals surface area contributed by atoms with Crippen molar-refractivity contribution >= 4 is 11.4 Å². The summed E-state index contributed by atoms with van der Waals surface area (Å²) in [4.78, 5) is 4.59. The van der Waals surface area contributed by atoms with E-state index in [1.165, 1.54) is 16.9 Å². The standard InChI is InChI=1S/C18H22N3/c1-19-13-12-16(15-8-4-3-5-9-15)21-14-20(2)17-10-6-7-11-18(17)21/h3-11,14,16,19H,12-13H2,1-2H3/t16-/m1/s1. The van der Waals surface area contributed by atoms with Crippen molar-refractivity contribution < 1.29 is 0 Å². The van der Waals surface area contributed by atoms with E-state index in [0.717, 1.165) is 13.0 Å². The van der Waals surface area contributed by atoms with Gasteiger partial charge in [-0.3, -0.25) is 0 Å². The molecule has 0 saturated carbocycles. The summed E-state index contributed by atoms with van der Waals surface area (Å²) in [6.45, 7) is 3.20. The summed E-state index contributed by atoms with van der Waals surface area (Å²) in [6.07, 6.45) is 1.07. The molecule has 1 atom stereocenters. The Balaban J connectivity index is 1.94. The number of anilines is 2. The third-order valence-corrected chi connectivity index (χ3v) is 4.03. The molecule has 0 spiro atoms. The first kappa shape index (κ1) is 14.0. The normalized spacial score (nSPS) is 15.1. The molecule has 0 aromatic heterocycles. The molecule has 0 bridgehead atoms. The molecule has 0 fully saturated rings. The zero-order valence-corrected chi connectivity index (χ0v) is 12.7. The van der Waals surface area contributed by atoms with Gasteiger partial charge in [-0.1, -0.05) is 42.5 Å². The number of nitrogens with one attached hydrogen (secondary N) is 1. The van der Waals surface area contributed by atoms with Crippen LogP contribution in [-0.4, -0.2) is 20.6 Å². The molecule has 0 aliphatic carbocycles. The Labute approximate surface area is 127 Å². The first-order valence-corrected chi connectivity index (χ1v) is 7.46. The Morgan fingerprint density at radius 3 is 2.33 bits per heavy atom. The number of fused-ring (bicyclic) bond motifs is 1. The zero-order chi connectivity index (χ0) is 14.7. The minimum absolute atomic E-state index is 0.352. The van der Waals surface area contributed by atoms with E-state index in [1.807, 2.05) is 7.05 Å². The fourth-order valence-electron chi connectivity index (χ4n) is 2.96. The maximum atomic E-state index is 3.27. The van der Waals surface area contributed by atoms with Crippen molar-refractivity contribution in [3.05, 3.63) is 66.8 Å². The van der Waals surface area contributed by atoms with Gasteiger partial charge >= 0.3 is 0 Å². The van der Waals surface area contributed by atoms with Crippen LogP contribution in [0.25, 0.3) is 0 Å². The van der Waals surface area contributed by atoms with Crippen molar-refractivity contribution in [1.29, 1.82) is 0 Å². The Hall–Kier alpha value is -2.00. The summed E-state index contributed by atoms with van der Waals surface area (Å²) >= 11 is 0. The van der Waals surface area contributed by atoms with Gasteiger partial charge in [-0.25, -0.2) is 0 Å². The molecule has 1 heterocycles. The Morgan fingerprint density at radius 1 is 0.952 bits per heavy atom. The molecule has 0 amide bonds. The lowest BCUT2D eigenvalue weighted by Crippen LogP contribution is -2.29. The highest BCUT2D eigenvalue weighted by Gasteiger charge is 2.29. The number of hydrogen-bond acceptors (Lipinski definition) is 3. The minimum atomic E-state index is 0.352. The van der Waals surface area contributed by atoms with Crippen LogP contribution in [0.15, 0.2) is 54.6 Å². The molecule has 1 N–H and O–H groups in total. The van der Waals surface area contributed by atoms with E-state index in [1.54, 1.807) is 0 Å². The maximum absolute atomic E-state index is 3.27. The molecular weight excluding hydrogens is 258 g/mol. The molecule has 109 valence electrons. The largest absolute Gasteiger partial charge is 0.349 e. The first-order chi connectivity index (χ1) is 10.3. The lowest BCUT2D eigenvalue weighted by atomic mass is 10.0. The highest BCUT2D eigenvalue weighted by atomic mass is 15.4. The monoisotopic (exact) mass is 280 g/mol. The van der Waals surface area contributed by atoms with E-state index in [9.17, 15) is 0 Å². The van der Waals surface area contributed by atoms with Gasteiger partial charge in [0.1, 0.15) is 6.67 Å². The van der Waals surface area contributed by atoms with Crippen molar-refractivity contribution in [2.24, 2.45) is 0 Å². The van der Waals surface area contributed by atoms with E-state index < -0.39 is 0 Å². The minimum Gasteiger partial charge on any atom is -0.349 e. The van der Waals surface area contributed by atoms with Gasteiger partial charge in [-0.2, -0.15) is 0 Å². The Bertz CT molecular complexity index is 582. The van der Waals surface area contributed by atoms with Gasteiger partial charge in [-0.05, 0) is 37.7 Å². The maximum Gasteiger partial charge on any atom is 0.142 e. The fraction of sp³-hybridized carbons (Fsp3) is 0.278. The summed E-state index contributed by atoms with van der Waals surface area (Å²) in [5, 5.41) is 3.27. The average Bonchev–Trinajstić information content (AvgIpc) is 2.87. The predicted molar refractivity (Wildman–Crippen MR) is 89.4 cm³/mol. The molecule has 1 aliphatic rings. The van der Waals surface area contributed by atoms with Gasteiger partial charge in [0.05, 0.1) is 17.4 Å². The fourth-order valence-corrected chi connectivity index (χ4v) is 2.96. The predicted octanol–water partition coefficient (Wildman–Crippen LogP) is 3.41. The molecule has 21 heavy (non-hydrogen) atoms. The van der Waals surface area contributed by atoms with Gasteiger partial charge in [0.15, 0.2) is 0 Å². The summed E-state index contributed by atoms with van der Waals surface area (Å²) < 4.78 is 0. The molecule has 3 heteroatoms. The van der Waals surface area contributed by atoms with Gasteiger partial charge in [-0.15, -0.1) is 0 Å². The van der Waals surface area contributed by atoms with Crippen molar-refractivity contribution in [2.45, 2.75) is 12.5 Å². The van der Waals surface area contributed by atoms with Gasteiger partial charge < -0.3 is 15.1 Å². The third-order valence-electron chi connectivity index (χ3n) is 4.03. The highest BCUT2D eigenvalue weighted by molar-refractivity contribution is 5.78. The molecule has 0 saturated heterocycles. The highest BCUT2D eigenvalue weighted by Crippen LogP contribution is 2.42. The summed E-state index contributed by atoms with van der Waals surface area (Å²) in [7, 11) is 4.12. The number of hydrogen-bond donors (Lipinski definition) is 1. The second-order valence-corrected chi connectivity index (χ2v) is 5.44. The van der Waals surface area contributed by atoms with E-state index in [4.69, 9.17) is 0 Å². The number of rotatable bonds is 5. The van der Waals surface area contributed by atoms with Crippen LogP contribution in [0, 0.1) is 6.67 Å². The molecule has 1 aliphatic heterocycles. The summed E-state index contributed by atoms with van der Waals surface area (Å²) in [6, 6.07) is 19.7. The van der Waals surface area contributed by atoms with Gasteiger partial charge in [0, 0.05) is 7.05 Å². The van der Waals surface area contributed by atoms with Gasteiger partial charge in [0.2, 0.25) is 0 Å². The molecule has 1 radical (unpaired) electrons. The SMILES string of the molecule is CNCC[C@H](c1ccccc1)N1[CH]N(C)c2ccccc21. The third kappa shape index (κ3) is 2.74. The second-order valence-electron chi connectivity index (χ2n) is 5.44. The first-order valence-electron chi connectivity index (χ1n) is 7.46. The van der Waals surface area contributed by atoms with Crippen LogP contribution < -0.4 is 15.1 Å². The smallest absolute Gasteiger partial charge is 0.142 e. The van der Waals surface area contributed by atoms with Crippen LogP contribution in [0.3, 0.4) is 0 Å². The lowest BCUT2D eigenvalue weighted by Gasteiger charge is -2.30. The number of benzene rings is 2. The van der Waals surface area contributed by atoms with Crippen molar-refractivity contribution in [2.75, 3.05) is 30.4 Å². The van der Waals surface area contributed by atoms with Crippen LogP contribution in [0.4, 0.5) is 11.4 Å². The molecule has 3 nitrogen and oxygen atoms in total. The molecule has 3 rings (SSSR count). The van der Waals surface area contributed by atoms with E-state index >= 15 is 0 Å². The van der Waals surface area contributed by atoms with Crippen molar-refractivity contribution in [3.8, 4) is 0 Å². The quantitative estimate of drug-likeness (QED) is 0.905. The second kappa shape index (κ2) is 6.19. The Morgan fingerprint density at radius 2 is 1.62 bits per heavy atom.